The zero-order valence-corrected chi connectivity index (χ0v) is 20.2. The van der Waals surface area contributed by atoms with Crippen LogP contribution in [-0.2, 0) is 9.59 Å². The van der Waals surface area contributed by atoms with Crippen molar-refractivity contribution in [2.75, 3.05) is 51.3 Å². The first-order valence-corrected chi connectivity index (χ1v) is 11.9. The van der Waals surface area contributed by atoms with E-state index in [-0.39, 0.29) is 11.8 Å². The lowest BCUT2D eigenvalue weighted by Crippen LogP contribution is -2.49. The van der Waals surface area contributed by atoms with Crippen molar-refractivity contribution < 1.29 is 19.1 Å². The summed E-state index contributed by atoms with van der Waals surface area (Å²) in [5.74, 6) is 1.17. The van der Waals surface area contributed by atoms with Crippen molar-refractivity contribution in [2.24, 2.45) is 0 Å². The van der Waals surface area contributed by atoms with Gasteiger partial charge in [0.2, 0.25) is 11.8 Å². The molecule has 182 valence electrons. The second kappa shape index (κ2) is 13.3. The normalized spacial score (nSPS) is 13.7. The van der Waals surface area contributed by atoms with Crippen LogP contribution >= 0.6 is 0 Å². The van der Waals surface area contributed by atoms with E-state index in [4.69, 9.17) is 9.47 Å². The molecule has 0 spiro atoms. The second-order valence-electron chi connectivity index (χ2n) is 8.19. The molecule has 1 saturated heterocycles. The molecule has 0 saturated carbocycles. The van der Waals surface area contributed by atoms with Gasteiger partial charge in [0.05, 0.1) is 13.7 Å². The van der Waals surface area contributed by atoms with E-state index in [9.17, 15) is 9.59 Å². The summed E-state index contributed by atoms with van der Waals surface area (Å²) in [5.41, 5.74) is 2.02. The van der Waals surface area contributed by atoms with E-state index in [1.54, 1.807) is 13.2 Å². The number of piperazine rings is 1. The summed E-state index contributed by atoms with van der Waals surface area (Å²) < 4.78 is 11.1. The van der Waals surface area contributed by atoms with Crippen molar-refractivity contribution in [1.82, 2.24) is 10.2 Å². The highest BCUT2D eigenvalue weighted by atomic mass is 16.5. The Bertz CT molecular complexity index is 954. The lowest BCUT2D eigenvalue weighted by molar-refractivity contribution is -0.131. The number of para-hydroxylation sites is 1. The lowest BCUT2D eigenvalue weighted by Gasteiger charge is -2.36. The first-order chi connectivity index (χ1) is 16.6. The molecule has 1 fully saturated rings. The van der Waals surface area contributed by atoms with E-state index < -0.39 is 0 Å². The number of unbranched alkanes of at least 4 members (excludes halogenated alkanes) is 1. The molecule has 1 aliphatic rings. The van der Waals surface area contributed by atoms with Crippen LogP contribution in [0.4, 0.5) is 5.69 Å². The van der Waals surface area contributed by atoms with Crippen molar-refractivity contribution in [3.8, 4) is 11.5 Å². The summed E-state index contributed by atoms with van der Waals surface area (Å²) in [5, 5.41) is 2.79. The SMILES string of the molecule is CCCCOc1ccc(/C=C/C(=O)NCCC(=O)N2CCN(c3ccccc3)CC2)cc1OC. The maximum Gasteiger partial charge on any atom is 0.244 e. The van der Waals surface area contributed by atoms with Gasteiger partial charge in [-0.3, -0.25) is 9.59 Å². The molecular formula is C27H35N3O4. The Labute approximate surface area is 202 Å². The molecule has 0 aliphatic carbocycles. The largest absolute Gasteiger partial charge is 0.493 e. The molecule has 2 aromatic rings. The Kier molecular flexibility index (Phi) is 9.82. The number of hydrogen-bond donors (Lipinski definition) is 1. The van der Waals surface area contributed by atoms with Crippen molar-refractivity contribution in [1.29, 1.82) is 0 Å². The third-order valence-corrected chi connectivity index (χ3v) is 5.76. The fourth-order valence-corrected chi connectivity index (χ4v) is 3.77. The summed E-state index contributed by atoms with van der Waals surface area (Å²) in [4.78, 5) is 28.9. The molecule has 0 radical (unpaired) electrons. The summed E-state index contributed by atoms with van der Waals surface area (Å²) >= 11 is 0. The fourth-order valence-electron chi connectivity index (χ4n) is 3.77. The summed E-state index contributed by atoms with van der Waals surface area (Å²) in [6, 6.07) is 15.8. The standard InChI is InChI=1S/C27H35N3O4/c1-3-4-20-34-24-12-10-22(21-25(24)33-2)11-13-26(31)28-15-14-27(32)30-18-16-29(17-19-30)23-8-6-5-7-9-23/h5-13,21H,3-4,14-20H2,1-2H3,(H,28,31)/b13-11+. The molecule has 3 rings (SSSR count). The number of carbonyl (C=O) groups is 2. The van der Waals surface area contributed by atoms with E-state index in [0.717, 1.165) is 31.5 Å². The van der Waals surface area contributed by atoms with Crippen molar-refractivity contribution in [3.05, 3.63) is 60.2 Å². The number of amides is 2. The first kappa shape index (κ1) is 25.1. The van der Waals surface area contributed by atoms with E-state index in [0.29, 0.717) is 44.2 Å². The number of nitrogens with one attached hydrogen (secondary N) is 1. The molecular weight excluding hydrogens is 430 g/mol. The van der Waals surface area contributed by atoms with Crippen molar-refractivity contribution in [3.63, 3.8) is 0 Å². The topological polar surface area (TPSA) is 71.1 Å². The van der Waals surface area contributed by atoms with Gasteiger partial charge in [0.25, 0.3) is 0 Å². The zero-order chi connectivity index (χ0) is 24.2. The van der Waals surface area contributed by atoms with Gasteiger partial charge in [-0.2, -0.15) is 0 Å². The molecule has 7 heteroatoms. The zero-order valence-electron chi connectivity index (χ0n) is 20.2. The second-order valence-corrected chi connectivity index (χ2v) is 8.19. The minimum atomic E-state index is -0.232. The minimum absolute atomic E-state index is 0.0698. The molecule has 1 heterocycles. The van der Waals surface area contributed by atoms with Crippen LogP contribution in [0.1, 0.15) is 31.7 Å². The minimum Gasteiger partial charge on any atom is -0.493 e. The summed E-state index contributed by atoms with van der Waals surface area (Å²) in [7, 11) is 1.60. The average molecular weight is 466 g/mol. The van der Waals surface area contributed by atoms with Gasteiger partial charge in [-0.15, -0.1) is 0 Å². The quantitative estimate of drug-likeness (QED) is 0.404. The monoisotopic (exact) mass is 465 g/mol. The van der Waals surface area contributed by atoms with Crippen LogP contribution in [-0.4, -0.2) is 63.2 Å². The van der Waals surface area contributed by atoms with Crippen LogP contribution in [0.15, 0.2) is 54.6 Å². The van der Waals surface area contributed by atoms with E-state index in [1.165, 1.54) is 11.8 Å². The third-order valence-electron chi connectivity index (χ3n) is 5.76. The van der Waals surface area contributed by atoms with Gasteiger partial charge in [0.1, 0.15) is 0 Å². The van der Waals surface area contributed by atoms with E-state index in [1.807, 2.05) is 41.3 Å². The van der Waals surface area contributed by atoms with Crippen molar-refractivity contribution in [2.45, 2.75) is 26.2 Å². The van der Waals surface area contributed by atoms with Crippen LogP contribution < -0.4 is 19.7 Å². The molecule has 0 aromatic heterocycles. The van der Waals surface area contributed by atoms with Crippen LogP contribution in [0.25, 0.3) is 6.08 Å². The lowest BCUT2D eigenvalue weighted by atomic mass is 10.2. The highest BCUT2D eigenvalue weighted by Gasteiger charge is 2.20. The predicted molar refractivity (Wildman–Crippen MR) is 135 cm³/mol. The number of carbonyl (C=O) groups excluding carboxylic acids is 2. The molecule has 1 aliphatic heterocycles. The van der Waals surface area contributed by atoms with Crippen LogP contribution in [0.3, 0.4) is 0 Å². The van der Waals surface area contributed by atoms with E-state index in [2.05, 4.69) is 29.3 Å². The first-order valence-electron chi connectivity index (χ1n) is 11.9. The predicted octanol–water partition coefficient (Wildman–Crippen LogP) is 3.74. The van der Waals surface area contributed by atoms with Gasteiger partial charge in [-0.25, -0.2) is 0 Å². The number of benzene rings is 2. The third kappa shape index (κ3) is 7.54. The van der Waals surface area contributed by atoms with Gasteiger partial charge in [-0.05, 0) is 42.3 Å². The Morgan fingerprint density at radius 1 is 1.03 bits per heavy atom. The molecule has 7 nitrogen and oxygen atoms in total. The van der Waals surface area contributed by atoms with Gasteiger partial charge in [0.15, 0.2) is 11.5 Å². The van der Waals surface area contributed by atoms with Gasteiger partial charge in [-0.1, -0.05) is 37.6 Å². The van der Waals surface area contributed by atoms with Crippen LogP contribution in [0, 0.1) is 0 Å². The van der Waals surface area contributed by atoms with E-state index >= 15 is 0 Å². The highest BCUT2D eigenvalue weighted by molar-refractivity contribution is 5.92. The molecule has 0 unspecified atom stereocenters. The number of anilines is 1. The Hall–Kier alpha value is -3.48. The van der Waals surface area contributed by atoms with Gasteiger partial charge < -0.3 is 24.6 Å². The molecule has 1 N–H and O–H groups in total. The summed E-state index contributed by atoms with van der Waals surface area (Å²) in [6.07, 6.45) is 5.53. The maximum atomic E-state index is 12.5. The summed E-state index contributed by atoms with van der Waals surface area (Å²) in [6.45, 7) is 6.10. The van der Waals surface area contributed by atoms with Crippen LogP contribution in [0.5, 0.6) is 11.5 Å². The van der Waals surface area contributed by atoms with Crippen molar-refractivity contribution >= 4 is 23.6 Å². The smallest absolute Gasteiger partial charge is 0.244 e. The molecule has 0 atom stereocenters. The average Bonchev–Trinajstić information content (AvgIpc) is 2.88. The molecule has 2 aromatic carbocycles. The number of ether oxygens (including phenoxy) is 2. The number of rotatable bonds is 11. The highest BCUT2D eigenvalue weighted by Crippen LogP contribution is 2.28. The Morgan fingerprint density at radius 3 is 2.50 bits per heavy atom. The Balaban J connectivity index is 1.39. The maximum absolute atomic E-state index is 12.5. The fraction of sp³-hybridized carbons (Fsp3) is 0.407. The molecule has 0 bridgehead atoms. The Morgan fingerprint density at radius 2 is 1.79 bits per heavy atom. The molecule has 34 heavy (non-hydrogen) atoms. The van der Waals surface area contributed by atoms with Crippen LogP contribution in [0.2, 0.25) is 0 Å². The van der Waals surface area contributed by atoms with Gasteiger partial charge >= 0.3 is 0 Å². The molecule has 2 amide bonds. The van der Waals surface area contributed by atoms with Gasteiger partial charge in [0, 0.05) is 50.9 Å². The number of nitrogens with zero attached hydrogens (tertiary/aromatic N) is 2. The number of methoxy groups -OCH3 is 1. The number of hydrogen-bond acceptors (Lipinski definition) is 5.